The fourth-order valence-electron chi connectivity index (χ4n) is 5.01. The van der Waals surface area contributed by atoms with Crippen LogP contribution in [0.5, 0.6) is 0 Å². The number of nitrogens with one attached hydrogen (secondary N) is 1. The van der Waals surface area contributed by atoms with Crippen LogP contribution in [0.25, 0.3) is 0 Å². The molecule has 0 saturated heterocycles. The standard InChI is InChI=1S/C24H23BrClNO4/c1-13-18(10-9-17(25)22(13)26)27-19(28)12-31-24(30)21-16-8-7-15(11-16)20(21)23(29)14-5-3-2-4-6-14/h2-6,9-10,15-16,20-21H,7-8,11-12H2,1H3,(H,27,28)/t15-,16-,20-,21-/m0/s1. The van der Waals surface area contributed by atoms with Gasteiger partial charge in [-0.25, -0.2) is 0 Å². The number of halogens is 2. The minimum Gasteiger partial charge on any atom is -0.455 e. The second kappa shape index (κ2) is 9.13. The van der Waals surface area contributed by atoms with E-state index in [0.717, 1.165) is 29.3 Å². The third kappa shape index (κ3) is 4.41. The second-order valence-corrected chi connectivity index (χ2v) is 9.54. The van der Waals surface area contributed by atoms with Crippen molar-refractivity contribution < 1.29 is 19.1 Å². The van der Waals surface area contributed by atoms with Gasteiger partial charge in [0.15, 0.2) is 12.4 Å². The summed E-state index contributed by atoms with van der Waals surface area (Å²) in [6.45, 7) is 1.40. The predicted octanol–water partition coefficient (Wildman–Crippen LogP) is 5.44. The first-order valence-corrected chi connectivity index (χ1v) is 11.5. The van der Waals surface area contributed by atoms with Crippen LogP contribution >= 0.6 is 27.5 Å². The van der Waals surface area contributed by atoms with Crippen LogP contribution in [-0.4, -0.2) is 24.3 Å². The number of amides is 1. The lowest BCUT2D eigenvalue weighted by Gasteiger charge is -2.28. The lowest BCUT2D eigenvalue weighted by atomic mass is 9.75. The van der Waals surface area contributed by atoms with Gasteiger partial charge >= 0.3 is 5.97 Å². The van der Waals surface area contributed by atoms with E-state index in [4.69, 9.17) is 16.3 Å². The van der Waals surface area contributed by atoms with Crippen molar-refractivity contribution in [3.8, 4) is 0 Å². The molecule has 0 radical (unpaired) electrons. The van der Waals surface area contributed by atoms with Crippen molar-refractivity contribution in [3.05, 3.63) is 63.1 Å². The summed E-state index contributed by atoms with van der Waals surface area (Å²) in [5.41, 5.74) is 1.90. The molecule has 2 aromatic rings. The molecule has 0 aliphatic heterocycles. The molecule has 2 aliphatic rings. The molecule has 162 valence electrons. The summed E-state index contributed by atoms with van der Waals surface area (Å²) in [4.78, 5) is 38.4. The fraction of sp³-hybridized carbons (Fsp3) is 0.375. The molecule has 2 bridgehead atoms. The van der Waals surface area contributed by atoms with Gasteiger partial charge in [-0.15, -0.1) is 0 Å². The second-order valence-electron chi connectivity index (χ2n) is 8.30. The zero-order valence-electron chi connectivity index (χ0n) is 17.1. The van der Waals surface area contributed by atoms with Crippen molar-refractivity contribution in [2.24, 2.45) is 23.7 Å². The van der Waals surface area contributed by atoms with Crippen LogP contribution in [0.1, 0.15) is 35.2 Å². The van der Waals surface area contributed by atoms with Gasteiger partial charge in [0.2, 0.25) is 0 Å². The van der Waals surface area contributed by atoms with E-state index in [1.165, 1.54) is 0 Å². The summed E-state index contributed by atoms with van der Waals surface area (Å²) in [5.74, 6) is -1.40. The summed E-state index contributed by atoms with van der Waals surface area (Å²) < 4.78 is 6.11. The van der Waals surface area contributed by atoms with Gasteiger partial charge in [0.05, 0.1) is 10.9 Å². The van der Waals surface area contributed by atoms with E-state index in [9.17, 15) is 14.4 Å². The number of hydrogen-bond donors (Lipinski definition) is 1. The number of carbonyl (C=O) groups excluding carboxylic acids is 3. The fourth-order valence-corrected chi connectivity index (χ4v) is 5.60. The largest absolute Gasteiger partial charge is 0.455 e. The molecule has 7 heteroatoms. The Morgan fingerprint density at radius 1 is 1.06 bits per heavy atom. The number of fused-ring (bicyclic) bond motifs is 2. The zero-order valence-corrected chi connectivity index (χ0v) is 19.4. The van der Waals surface area contributed by atoms with Crippen LogP contribution in [0.2, 0.25) is 5.02 Å². The van der Waals surface area contributed by atoms with Crippen molar-refractivity contribution >= 4 is 50.9 Å². The van der Waals surface area contributed by atoms with E-state index in [2.05, 4.69) is 21.2 Å². The van der Waals surface area contributed by atoms with E-state index in [0.29, 0.717) is 16.3 Å². The molecule has 1 amide bonds. The normalized spacial score (nSPS) is 24.1. The van der Waals surface area contributed by atoms with Gasteiger partial charge in [-0.05, 0) is 71.6 Å². The summed E-state index contributed by atoms with van der Waals surface area (Å²) in [7, 11) is 0. The highest BCUT2D eigenvalue weighted by atomic mass is 79.9. The number of benzene rings is 2. The molecular formula is C24H23BrClNO4. The molecule has 0 heterocycles. The van der Waals surface area contributed by atoms with Gasteiger partial charge in [0.25, 0.3) is 5.91 Å². The van der Waals surface area contributed by atoms with Crippen molar-refractivity contribution in [1.82, 2.24) is 0 Å². The highest BCUT2D eigenvalue weighted by molar-refractivity contribution is 9.10. The molecule has 2 saturated carbocycles. The number of ketones is 1. The first-order chi connectivity index (χ1) is 14.9. The highest BCUT2D eigenvalue weighted by Crippen LogP contribution is 2.53. The number of hydrogen-bond acceptors (Lipinski definition) is 4. The Kier molecular flexibility index (Phi) is 6.49. The first kappa shape index (κ1) is 22.0. The number of anilines is 1. The minimum atomic E-state index is -0.483. The third-order valence-corrected chi connectivity index (χ3v) is 7.88. The molecule has 0 aromatic heterocycles. The third-order valence-electron chi connectivity index (χ3n) is 6.51. The minimum absolute atomic E-state index is 0.000620. The summed E-state index contributed by atoms with van der Waals surface area (Å²) in [5, 5.41) is 3.24. The number of rotatable bonds is 6. The molecule has 2 aliphatic carbocycles. The Labute approximate surface area is 194 Å². The van der Waals surface area contributed by atoms with Crippen molar-refractivity contribution in [1.29, 1.82) is 0 Å². The zero-order chi connectivity index (χ0) is 22.1. The molecule has 0 spiro atoms. The number of Topliss-reactive ketones (excluding diaryl/α,β-unsaturated/α-hetero) is 1. The molecule has 2 fully saturated rings. The summed E-state index contributed by atoms with van der Waals surface area (Å²) in [6.07, 6.45) is 2.75. The number of esters is 1. The van der Waals surface area contributed by atoms with Crippen LogP contribution in [-0.2, 0) is 14.3 Å². The highest BCUT2D eigenvalue weighted by Gasteiger charge is 2.54. The van der Waals surface area contributed by atoms with Gasteiger partial charge < -0.3 is 10.1 Å². The maximum Gasteiger partial charge on any atom is 0.310 e. The Morgan fingerprint density at radius 3 is 2.45 bits per heavy atom. The van der Waals surface area contributed by atoms with Gasteiger partial charge in [0, 0.05) is 21.6 Å². The monoisotopic (exact) mass is 503 g/mol. The van der Waals surface area contributed by atoms with E-state index >= 15 is 0 Å². The van der Waals surface area contributed by atoms with Gasteiger partial charge in [-0.3, -0.25) is 14.4 Å². The maximum atomic E-state index is 13.1. The van der Waals surface area contributed by atoms with Crippen LogP contribution < -0.4 is 5.32 Å². The van der Waals surface area contributed by atoms with Gasteiger partial charge in [0.1, 0.15) is 0 Å². The molecule has 31 heavy (non-hydrogen) atoms. The lowest BCUT2D eigenvalue weighted by molar-refractivity contribution is -0.154. The topological polar surface area (TPSA) is 72.5 Å². The number of carbonyl (C=O) groups is 3. The van der Waals surface area contributed by atoms with E-state index in [1.807, 2.05) is 18.2 Å². The van der Waals surface area contributed by atoms with Crippen LogP contribution in [0.4, 0.5) is 5.69 Å². The van der Waals surface area contributed by atoms with Crippen LogP contribution in [0.15, 0.2) is 46.9 Å². The maximum absolute atomic E-state index is 13.1. The van der Waals surface area contributed by atoms with Crippen molar-refractivity contribution in [2.45, 2.75) is 26.2 Å². The Balaban J connectivity index is 1.41. The quantitative estimate of drug-likeness (QED) is 0.420. The summed E-state index contributed by atoms with van der Waals surface area (Å²) >= 11 is 9.54. The van der Waals surface area contributed by atoms with E-state index in [-0.39, 0.29) is 23.5 Å². The lowest BCUT2D eigenvalue weighted by Crippen LogP contribution is -2.37. The molecule has 1 N–H and O–H groups in total. The van der Waals surface area contributed by atoms with Gasteiger partial charge in [-0.1, -0.05) is 41.9 Å². The summed E-state index contributed by atoms with van der Waals surface area (Å²) in [6, 6.07) is 12.6. The molecule has 5 nitrogen and oxygen atoms in total. The number of ether oxygens (including phenoxy) is 1. The molecule has 0 unspecified atom stereocenters. The SMILES string of the molecule is Cc1c(NC(=O)COC(=O)[C@H]2[C@H]3CC[C@@H](C3)[C@@H]2C(=O)c2ccccc2)ccc(Br)c1Cl. The molecular weight excluding hydrogens is 482 g/mol. The Bertz CT molecular complexity index is 1030. The first-order valence-electron chi connectivity index (χ1n) is 10.4. The van der Waals surface area contributed by atoms with Crippen molar-refractivity contribution in [2.75, 3.05) is 11.9 Å². The predicted molar refractivity (Wildman–Crippen MR) is 122 cm³/mol. The van der Waals surface area contributed by atoms with Gasteiger partial charge in [-0.2, -0.15) is 0 Å². The Hall–Kier alpha value is -2.18. The Morgan fingerprint density at radius 2 is 1.74 bits per heavy atom. The van der Waals surface area contributed by atoms with Crippen LogP contribution in [0, 0.1) is 30.6 Å². The average Bonchev–Trinajstić information content (AvgIpc) is 3.40. The molecule has 2 aromatic carbocycles. The molecule has 4 atom stereocenters. The average molecular weight is 505 g/mol. The molecule has 4 rings (SSSR count). The van der Waals surface area contributed by atoms with Crippen LogP contribution in [0.3, 0.4) is 0 Å². The van der Waals surface area contributed by atoms with Crippen molar-refractivity contribution in [3.63, 3.8) is 0 Å². The van der Waals surface area contributed by atoms with E-state index < -0.39 is 24.4 Å². The smallest absolute Gasteiger partial charge is 0.310 e. The van der Waals surface area contributed by atoms with E-state index in [1.54, 1.807) is 31.2 Å².